The summed E-state index contributed by atoms with van der Waals surface area (Å²) in [5, 5.41) is 21.1. The fourth-order valence-electron chi connectivity index (χ4n) is 5.79. The maximum absolute atomic E-state index is 14.0. The summed E-state index contributed by atoms with van der Waals surface area (Å²) in [5.41, 5.74) is 8.67. The van der Waals surface area contributed by atoms with Gasteiger partial charge in [0.15, 0.2) is 0 Å². The lowest BCUT2D eigenvalue weighted by molar-refractivity contribution is -0.133. The Hall–Kier alpha value is -5.66. The Morgan fingerprint density at radius 3 is 1.79 bits per heavy atom. The molecule has 0 radical (unpaired) electrons. The van der Waals surface area contributed by atoms with Crippen LogP contribution in [-0.4, -0.2) is 66.8 Å². The summed E-state index contributed by atoms with van der Waals surface area (Å²) in [5.74, 6) is -1.92. The molecule has 2 aromatic carbocycles. The van der Waals surface area contributed by atoms with Crippen LogP contribution in [0.1, 0.15) is 81.7 Å². The molecular weight excluding hydrogens is 662 g/mol. The van der Waals surface area contributed by atoms with Gasteiger partial charge in [0.2, 0.25) is 23.6 Å². The number of carbonyl (C=O) groups excluding carboxylic acids is 4. The average Bonchev–Trinajstić information content (AvgIpc) is 3.85. The van der Waals surface area contributed by atoms with Crippen LogP contribution in [0.15, 0.2) is 73.6 Å². The van der Waals surface area contributed by atoms with Crippen molar-refractivity contribution in [2.24, 2.45) is 0 Å². The Balaban J connectivity index is 1.48. The molecule has 0 bridgehead atoms. The van der Waals surface area contributed by atoms with Crippen LogP contribution in [-0.2, 0) is 38.4 Å². The third-order valence-electron chi connectivity index (χ3n) is 8.73. The number of nitrogens with zero attached hydrogens (tertiary/aromatic N) is 2. The molecule has 0 aliphatic rings. The van der Waals surface area contributed by atoms with Gasteiger partial charge in [-0.2, -0.15) is 0 Å². The zero-order chi connectivity index (χ0) is 37.1. The van der Waals surface area contributed by atoms with Gasteiger partial charge in [-0.15, -0.1) is 0 Å². The summed E-state index contributed by atoms with van der Waals surface area (Å²) in [7, 11) is 0. The molecule has 0 aliphatic heterocycles. The molecule has 0 aliphatic carbocycles. The minimum atomic E-state index is -1.15. The maximum atomic E-state index is 14.0. The summed E-state index contributed by atoms with van der Waals surface area (Å²) in [6, 6.07) is 9.89. The van der Waals surface area contributed by atoms with Gasteiger partial charge in [0.1, 0.15) is 23.9 Å². The molecule has 4 aromatic rings. The highest BCUT2D eigenvalue weighted by Gasteiger charge is 2.31. The Labute approximate surface area is 304 Å². The number of aromatic amines is 2. The zero-order valence-corrected chi connectivity index (χ0v) is 29.7. The van der Waals surface area contributed by atoms with Crippen LogP contribution in [0.4, 0.5) is 11.4 Å². The first-order chi connectivity index (χ1) is 25.2. The molecule has 0 saturated heterocycles. The molecule has 0 spiro atoms. The Morgan fingerprint density at radius 2 is 1.23 bits per heavy atom. The Kier molecular flexibility index (Phi) is 15.7. The zero-order valence-electron chi connectivity index (χ0n) is 29.7. The molecule has 4 amide bonds. The number of benzene rings is 2. The third kappa shape index (κ3) is 13.2. The van der Waals surface area contributed by atoms with Gasteiger partial charge in [-0.05, 0) is 36.2 Å². The van der Waals surface area contributed by atoms with Crippen molar-refractivity contribution in [1.82, 2.24) is 35.9 Å². The number of aromatic hydroxyl groups is 1. The molecule has 2 heterocycles. The van der Waals surface area contributed by atoms with Gasteiger partial charge in [0.25, 0.3) is 0 Å². The molecule has 0 saturated carbocycles. The van der Waals surface area contributed by atoms with Crippen LogP contribution in [0.25, 0.3) is 0 Å². The van der Waals surface area contributed by atoms with E-state index in [-0.39, 0.29) is 37.3 Å². The van der Waals surface area contributed by atoms with E-state index in [1.165, 1.54) is 50.5 Å². The fourth-order valence-corrected chi connectivity index (χ4v) is 5.79. The first-order valence-electron chi connectivity index (χ1n) is 18.0. The SMILES string of the molecule is CCCCCCCCCCC(=O)N[C@@H](Cc1ccc(O)cc1)C(=O)N[C@@H](Cc1cnc[nH]1)C(=O)N[C@@H](Cc1cnc[nH]1)C(=O)Nc1ccccc1N. The first kappa shape index (κ1) is 39.1. The molecule has 14 heteroatoms. The van der Waals surface area contributed by atoms with Crippen LogP contribution in [0.3, 0.4) is 0 Å². The van der Waals surface area contributed by atoms with E-state index in [4.69, 9.17) is 5.73 Å². The van der Waals surface area contributed by atoms with E-state index in [1.807, 2.05) is 0 Å². The number of imidazole rings is 2. The van der Waals surface area contributed by atoms with Crippen molar-refractivity contribution in [1.29, 1.82) is 0 Å². The lowest BCUT2D eigenvalue weighted by atomic mass is 10.0. The standard InChI is InChI=1S/C38H51N9O5/c1-2-3-4-5-6-7-8-9-14-35(49)44-32(19-26-15-17-29(48)18-16-26)36(50)46-34(21-28-23-41-25-43-28)38(52)47-33(20-27-22-40-24-42-27)37(51)45-31-13-11-10-12-30(31)39/h10-13,15-18,22-25,32-34,48H,2-9,14,19-21,39H2,1H3,(H,40,42)(H,41,43)(H,44,49)(H,45,51)(H,46,50)(H,47,52)/t32-,33-,34-/m0/s1. The molecule has 52 heavy (non-hydrogen) atoms. The lowest BCUT2D eigenvalue weighted by Gasteiger charge is -2.25. The van der Waals surface area contributed by atoms with Gasteiger partial charge in [-0.25, -0.2) is 9.97 Å². The minimum Gasteiger partial charge on any atom is -0.508 e. The van der Waals surface area contributed by atoms with Crippen molar-refractivity contribution < 1.29 is 24.3 Å². The number of amides is 4. The summed E-state index contributed by atoms with van der Waals surface area (Å²) in [4.78, 5) is 68.6. The number of anilines is 2. The maximum Gasteiger partial charge on any atom is 0.247 e. The third-order valence-corrected chi connectivity index (χ3v) is 8.73. The second-order valence-corrected chi connectivity index (χ2v) is 13.0. The molecular formula is C38H51N9O5. The van der Waals surface area contributed by atoms with Crippen molar-refractivity contribution in [2.45, 2.75) is 102 Å². The number of phenolic OH excluding ortho intramolecular Hbond substituents is 1. The highest BCUT2D eigenvalue weighted by molar-refractivity contribution is 6.00. The Bertz CT molecular complexity index is 1680. The van der Waals surface area contributed by atoms with Crippen LogP contribution >= 0.6 is 0 Å². The number of H-pyrrole nitrogens is 2. The van der Waals surface area contributed by atoms with Gasteiger partial charge >= 0.3 is 0 Å². The summed E-state index contributed by atoms with van der Waals surface area (Å²) < 4.78 is 0. The average molecular weight is 714 g/mol. The van der Waals surface area contributed by atoms with Crippen LogP contribution in [0.2, 0.25) is 0 Å². The topological polar surface area (TPSA) is 220 Å². The van der Waals surface area contributed by atoms with Crippen LogP contribution in [0.5, 0.6) is 5.75 Å². The molecule has 0 fully saturated rings. The van der Waals surface area contributed by atoms with E-state index in [9.17, 15) is 24.3 Å². The van der Waals surface area contributed by atoms with Gasteiger partial charge in [0, 0.05) is 49.5 Å². The number of carbonyl (C=O) groups is 4. The molecule has 3 atom stereocenters. The van der Waals surface area contributed by atoms with Crippen LogP contribution in [0, 0.1) is 0 Å². The van der Waals surface area contributed by atoms with E-state index in [0.717, 1.165) is 19.3 Å². The number of para-hydroxylation sites is 2. The highest BCUT2D eigenvalue weighted by atomic mass is 16.3. The predicted molar refractivity (Wildman–Crippen MR) is 199 cm³/mol. The van der Waals surface area contributed by atoms with E-state index >= 15 is 0 Å². The second kappa shape index (κ2) is 20.9. The molecule has 278 valence electrons. The normalized spacial score (nSPS) is 12.7. The van der Waals surface area contributed by atoms with Gasteiger partial charge in [0.05, 0.1) is 24.0 Å². The van der Waals surface area contributed by atoms with E-state index in [1.54, 1.807) is 48.8 Å². The van der Waals surface area contributed by atoms with Crippen molar-refractivity contribution in [2.75, 3.05) is 11.1 Å². The number of nitrogen functional groups attached to an aromatic ring is 1. The molecule has 2 aromatic heterocycles. The smallest absolute Gasteiger partial charge is 0.247 e. The fraction of sp³-hybridized carbons (Fsp3) is 0.421. The number of rotatable bonds is 22. The number of hydrogen-bond donors (Lipinski definition) is 8. The first-order valence-corrected chi connectivity index (χ1v) is 18.0. The van der Waals surface area contributed by atoms with Crippen molar-refractivity contribution in [3.63, 3.8) is 0 Å². The van der Waals surface area contributed by atoms with Gasteiger partial charge in [-0.1, -0.05) is 76.1 Å². The molecule has 14 nitrogen and oxygen atoms in total. The number of nitrogens with two attached hydrogens (primary N) is 1. The minimum absolute atomic E-state index is 0.0275. The van der Waals surface area contributed by atoms with E-state index < -0.39 is 35.8 Å². The number of unbranched alkanes of at least 4 members (excludes halogenated alkanes) is 7. The number of hydrogen-bond acceptors (Lipinski definition) is 8. The summed E-state index contributed by atoms with van der Waals surface area (Å²) in [6.45, 7) is 2.19. The van der Waals surface area contributed by atoms with Crippen molar-refractivity contribution in [3.8, 4) is 5.75 Å². The molecule has 9 N–H and O–H groups in total. The van der Waals surface area contributed by atoms with Crippen LogP contribution < -0.4 is 27.0 Å². The number of nitrogens with one attached hydrogen (secondary N) is 6. The Morgan fingerprint density at radius 1 is 0.692 bits per heavy atom. The van der Waals surface area contributed by atoms with Crippen molar-refractivity contribution in [3.05, 3.63) is 90.5 Å². The van der Waals surface area contributed by atoms with E-state index in [2.05, 4.69) is 48.1 Å². The van der Waals surface area contributed by atoms with Gasteiger partial charge < -0.3 is 42.1 Å². The molecule has 0 unspecified atom stereocenters. The second-order valence-electron chi connectivity index (χ2n) is 13.0. The van der Waals surface area contributed by atoms with Gasteiger partial charge in [-0.3, -0.25) is 19.2 Å². The number of aromatic nitrogens is 4. The monoisotopic (exact) mass is 713 g/mol. The summed E-state index contributed by atoms with van der Waals surface area (Å²) in [6.07, 6.45) is 15.2. The highest BCUT2D eigenvalue weighted by Crippen LogP contribution is 2.18. The number of phenols is 1. The van der Waals surface area contributed by atoms with E-state index in [0.29, 0.717) is 34.7 Å². The quantitative estimate of drug-likeness (QED) is 0.0437. The molecule has 4 rings (SSSR count). The summed E-state index contributed by atoms with van der Waals surface area (Å²) >= 11 is 0. The predicted octanol–water partition coefficient (Wildman–Crippen LogP) is 4.07. The lowest BCUT2D eigenvalue weighted by Crippen LogP contribution is -2.57. The largest absolute Gasteiger partial charge is 0.508 e. The van der Waals surface area contributed by atoms with Crippen molar-refractivity contribution >= 4 is 35.0 Å².